The Morgan fingerprint density at radius 2 is 0.957 bits per heavy atom. The zero-order valence-electron chi connectivity index (χ0n) is 25.2. The predicted molar refractivity (Wildman–Crippen MR) is 175 cm³/mol. The molecule has 0 bridgehead atoms. The Balaban J connectivity index is 1.53. The molecule has 4 aromatic carbocycles. The lowest BCUT2D eigenvalue weighted by molar-refractivity contribution is -0.207. The zero-order valence-corrected chi connectivity index (χ0v) is 26.0. The summed E-state index contributed by atoms with van der Waals surface area (Å²) in [6, 6.07) is 33.1. The van der Waals surface area contributed by atoms with Gasteiger partial charge in [-0.05, 0) is 48.5 Å². The van der Waals surface area contributed by atoms with Gasteiger partial charge in [-0.25, -0.2) is 19.2 Å². The van der Waals surface area contributed by atoms with E-state index in [1.807, 2.05) is 0 Å². The summed E-state index contributed by atoms with van der Waals surface area (Å²) in [6.07, 6.45) is -3.48. The minimum absolute atomic E-state index is 0.224. The molecule has 0 amide bonds. The molecule has 5 unspecified atom stereocenters. The number of ether oxygens (including phenoxy) is 5. The van der Waals surface area contributed by atoms with Crippen LogP contribution in [0.25, 0.3) is 0 Å². The van der Waals surface area contributed by atoms with Gasteiger partial charge in [-0.3, -0.25) is 0 Å². The Kier molecular flexibility index (Phi) is 11.6. The summed E-state index contributed by atoms with van der Waals surface area (Å²) in [4.78, 5) is 53.4. The highest BCUT2D eigenvalue weighted by molar-refractivity contribution is 7.99. The average molecular weight is 653 g/mol. The van der Waals surface area contributed by atoms with Crippen molar-refractivity contribution in [2.24, 2.45) is 0 Å². The van der Waals surface area contributed by atoms with Crippen molar-refractivity contribution in [2.45, 2.75) is 29.9 Å². The maximum Gasteiger partial charge on any atom is 0.338 e. The number of thioether (sulfide) groups is 1. The third kappa shape index (κ3) is 8.75. The molecule has 0 saturated carbocycles. The van der Waals surface area contributed by atoms with Gasteiger partial charge in [0.25, 0.3) is 0 Å². The van der Waals surface area contributed by atoms with Crippen LogP contribution in [0, 0.1) is 0 Å². The van der Waals surface area contributed by atoms with Crippen LogP contribution in [0.3, 0.4) is 0 Å². The van der Waals surface area contributed by atoms with Gasteiger partial charge in [0.05, 0.1) is 22.3 Å². The largest absolute Gasteiger partial charge is 0.459 e. The van der Waals surface area contributed by atoms with Crippen molar-refractivity contribution in [3.8, 4) is 0 Å². The number of carbonyl (C=O) groups excluding carboxylic acids is 4. The normalized spacial score (nSPS) is 20.3. The highest BCUT2D eigenvalue weighted by Crippen LogP contribution is 2.35. The minimum Gasteiger partial charge on any atom is -0.459 e. The third-order valence-corrected chi connectivity index (χ3v) is 8.25. The Labute approximate surface area is 276 Å². The molecule has 0 radical (unpaired) electrons. The number of hydrogen-bond donors (Lipinski definition) is 0. The second-order valence-electron chi connectivity index (χ2n) is 10.3. The van der Waals surface area contributed by atoms with Crippen LogP contribution in [0.4, 0.5) is 0 Å². The van der Waals surface area contributed by atoms with Crippen molar-refractivity contribution in [1.82, 2.24) is 0 Å². The summed E-state index contributed by atoms with van der Waals surface area (Å²) in [6.45, 7) is 3.41. The molecule has 1 heterocycles. The molecule has 1 aliphatic rings. The molecule has 0 spiro atoms. The van der Waals surface area contributed by atoms with Gasteiger partial charge >= 0.3 is 23.9 Å². The molecular weight excluding hydrogens is 620 g/mol. The average Bonchev–Trinajstić information content (AvgIpc) is 3.13. The molecule has 5 rings (SSSR count). The lowest BCUT2D eigenvalue weighted by atomic mass is 9.98. The summed E-state index contributed by atoms with van der Waals surface area (Å²) in [5.41, 5.74) is 0.0657. The van der Waals surface area contributed by atoms with Crippen molar-refractivity contribution in [3.05, 3.63) is 156 Å². The summed E-state index contributed by atoms with van der Waals surface area (Å²) in [5.74, 6) is -2.45. The predicted octanol–water partition coefficient (Wildman–Crippen LogP) is 6.16. The van der Waals surface area contributed by atoms with Crippen molar-refractivity contribution in [1.29, 1.82) is 0 Å². The smallest absolute Gasteiger partial charge is 0.338 e. The van der Waals surface area contributed by atoms with E-state index in [-0.39, 0.29) is 23.3 Å². The van der Waals surface area contributed by atoms with Crippen LogP contribution >= 0.6 is 11.8 Å². The molecule has 240 valence electrons. The first kappa shape index (κ1) is 33.2. The second-order valence-corrected chi connectivity index (χ2v) is 11.5. The number of hydrogen-bond acceptors (Lipinski definition) is 10. The number of esters is 4. The van der Waals surface area contributed by atoms with Crippen LogP contribution in [0.2, 0.25) is 0 Å². The molecule has 47 heavy (non-hydrogen) atoms. The van der Waals surface area contributed by atoms with Crippen LogP contribution in [0.15, 0.2) is 134 Å². The molecule has 0 aliphatic carbocycles. The molecule has 0 aromatic heterocycles. The molecule has 1 fully saturated rings. The molecule has 10 heteroatoms. The fraction of sp³-hybridized carbons (Fsp3) is 0.189. The SMILES string of the molecule is C=CCSC1OC(COC(=O)c2ccccc2)C(OC(=O)c2ccccc2)C(OC(=O)c2ccccc2)C1OC(=O)c1ccccc1. The van der Waals surface area contributed by atoms with Crippen LogP contribution in [-0.2, 0) is 23.7 Å². The van der Waals surface area contributed by atoms with E-state index in [1.165, 1.54) is 11.8 Å². The van der Waals surface area contributed by atoms with Gasteiger partial charge in [-0.2, -0.15) is 0 Å². The van der Waals surface area contributed by atoms with Crippen LogP contribution < -0.4 is 0 Å². The van der Waals surface area contributed by atoms with Gasteiger partial charge in [0.15, 0.2) is 18.3 Å². The molecule has 1 saturated heterocycles. The van der Waals surface area contributed by atoms with E-state index in [1.54, 1.807) is 127 Å². The van der Waals surface area contributed by atoms with E-state index >= 15 is 0 Å². The van der Waals surface area contributed by atoms with Crippen LogP contribution in [-0.4, -0.2) is 66.1 Å². The van der Waals surface area contributed by atoms with Gasteiger partial charge in [-0.1, -0.05) is 78.9 Å². The number of benzene rings is 4. The lowest BCUT2D eigenvalue weighted by Crippen LogP contribution is -2.61. The maximum atomic E-state index is 13.5. The van der Waals surface area contributed by atoms with E-state index < -0.39 is 53.7 Å². The second kappa shape index (κ2) is 16.4. The summed E-state index contributed by atoms with van der Waals surface area (Å²) < 4.78 is 30.1. The van der Waals surface area contributed by atoms with Crippen molar-refractivity contribution < 1.29 is 42.9 Å². The Morgan fingerprint density at radius 1 is 0.574 bits per heavy atom. The first-order valence-electron chi connectivity index (χ1n) is 14.8. The van der Waals surface area contributed by atoms with E-state index in [0.717, 1.165) is 0 Å². The van der Waals surface area contributed by atoms with E-state index in [0.29, 0.717) is 11.3 Å². The Bertz CT molecular complexity index is 1650. The fourth-order valence-corrected chi connectivity index (χ4v) is 5.77. The van der Waals surface area contributed by atoms with Gasteiger partial charge in [-0.15, -0.1) is 18.3 Å². The summed E-state index contributed by atoms with van der Waals surface area (Å²) >= 11 is 1.23. The maximum absolute atomic E-state index is 13.5. The van der Waals surface area contributed by atoms with Crippen molar-refractivity contribution >= 4 is 35.6 Å². The first-order valence-corrected chi connectivity index (χ1v) is 15.9. The standard InChI is InChI=1S/C37H32O9S/c1-2-23-47-37-32(46-36(41)28-21-13-6-14-22-28)31(45-35(40)27-19-11-5-12-20-27)30(44-34(39)26-17-9-4-10-18-26)29(43-37)24-42-33(38)25-15-7-3-8-16-25/h2-22,29-32,37H,1,23-24H2. The fourth-order valence-electron chi connectivity index (χ4n) is 4.82. The lowest BCUT2D eigenvalue weighted by Gasteiger charge is -2.44. The van der Waals surface area contributed by atoms with Gasteiger partial charge in [0.1, 0.15) is 18.1 Å². The molecular formula is C37H32O9S. The minimum atomic E-state index is -1.38. The quantitative estimate of drug-likeness (QED) is 0.100. The Hall–Kier alpha value is -5.19. The molecule has 1 aliphatic heterocycles. The first-order chi connectivity index (χ1) is 22.9. The van der Waals surface area contributed by atoms with E-state index in [2.05, 4.69) is 6.58 Å². The molecule has 4 aromatic rings. The topological polar surface area (TPSA) is 114 Å². The monoisotopic (exact) mass is 652 g/mol. The van der Waals surface area contributed by atoms with E-state index in [4.69, 9.17) is 23.7 Å². The van der Waals surface area contributed by atoms with Crippen molar-refractivity contribution in [2.75, 3.05) is 12.4 Å². The zero-order chi connectivity index (χ0) is 33.0. The van der Waals surface area contributed by atoms with Gasteiger partial charge in [0.2, 0.25) is 0 Å². The van der Waals surface area contributed by atoms with Crippen molar-refractivity contribution in [3.63, 3.8) is 0 Å². The third-order valence-electron chi connectivity index (χ3n) is 7.12. The molecule has 5 atom stereocenters. The highest BCUT2D eigenvalue weighted by atomic mass is 32.2. The summed E-state index contributed by atoms with van der Waals surface area (Å²) in [5, 5.41) is 0. The van der Waals surface area contributed by atoms with E-state index in [9.17, 15) is 19.2 Å². The van der Waals surface area contributed by atoms with Crippen LogP contribution in [0.1, 0.15) is 41.4 Å². The molecule has 0 N–H and O–H groups in total. The number of carbonyl (C=O) groups is 4. The number of rotatable bonds is 12. The summed E-state index contributed by atoms with van der Waals surface area (Å²) in [7, 11) is 0. The van der Waals surface area contributed by atoms with Gasteiger partial charge in [0, 0.05) is 5.75 Å². The van der Waals surface area contributed by atoms with Gasteiger partial charge < -0.3 is 23.7 Å². The molecule has 9 nitrogen and oxygen atoms in total. The Morgan fingerprint density at radius 3 is 1.38 bits per heavy atom. The highest BCUT2D eigenvalue weighted by Gasteiger charge is 2.53. The van der Waals surface area contributed by atoms with Crippen LogP contribution in [0.5, 0.6) is 0 Å².